The predicted octanol–water partition coefficient (Wildman–Crippen LogP) is 17.8. The monoisotopic (exact) mass is 1670 g/mol. The number of ether oxygens (including phenoxy) is 11. The van der Waals surface area contributed by atoms with Crippen LogP contribution in [0.25, 0.3) is 61.2 Å². The molecule has 123 heavy (non-hydrogen) atoms. The van der Waals surface area contributed by atoms with Crippen LogP contribution in [0.1, 0.15) is 16.8 Å². The summed E-state index contributed by atoms with van der Waals surface area (Å²) in [4.78, 5) is 45.1. The number of methoxy groups -OCH3 is 3. The first-order valence-electron chi connectivity index (χ1n) is 37.3. The maximum atomic E-state index is 14.1. The van der Waals surface area contributed by atoms with Gasteiger partial charge in [0.15, 0.2) is 92.3 Å². The molecule has 1 saturated heterocycles. The van der Waals surface area contributed by atoms with Crippen LogP contribution in [0.15, 0.2) is 226 Å². The summed E-state index contributed by atoms with van der Waals surface area (Å²) in [6.07, 6.45) is 10.9. The third-order valence-electron chi connectivity index (χ3n) is 18.0. The molecule has 1 aliphatic rings. The van der Waals surface area contributed by atoms with Gasteiger partial charge >= 0.3 is 0 Å². The third-order valence-corrected chi connectivity index (χ3v) is 18.0. The molecule has 1 aliphatic heterocycles. The molecular weight excluding hydrogens is 1600 g/mol. The average Bonchev–Trinajstić information content (AvgIpc) is 0.810. The number of benzene rings is 6. The minimum absolute atomic E-state index is 0.00976. The van der Waals surface area contributed by atoms with Crippen LogP contribution in [0.3, 0.4) is 0 Å². The largest absolute Gasteiger partial charge is 0.503 e. The summed E-state index contributed by atoms with van der Waals surface area (Å²) in [7, 11) is 4.42. The molecule has 0 saturated carbocycles. The summed E-state index contributed by atoms with van der Waals surface area (Å²) in [5.41, 5.74) is 35.9. The predicted molar refractivity (Wildman–Crippen MR) is 452 cm³/mol. The normalized spacial score (nSPS) is 11.6. The molecule has 0 atom stereocenters. The fraction of sp³-hybridized carbons (Fsp3) is 0.124. The van der Waals surface area contributed by atoms with Crippen LogP contribution >= 0.6 is 0 Å². The first kappa shape index (κ1) is 85.1. The number of aromatic hydroxyl groups is 1. The maximum absolute atomic E-state index is 14.1. The van der Waals surface area contributed by atoms with Gasteiger partial charge in [0.1, 0.15) is 58.1 Å². The smallest absolute Gasteiger partial charge is 0.257 e. The number of rotatable bonds is 21. The lowest BCUT2D eigenvalue weighted by Crippen LogP contribution is -2.38. The topological polar surface area (TPSA) is 384 Å². The Morgan fingerprint density at radius 1 is 0.415 bits per heavy atom. The molecule has 16 aromatic rings. The van der Waals surface area contributed by atoms with Gasteiger partial charge in [-0.2, -0.15) is 0 Å². The van der Waals surface area contributed by atoms with Gasteiger partial charge in [0.05, 0.1) is 79.7 Å². The zero-order valence-corrected chi connectivity index (χ0v) is 66.0. The van der Waals surface area contributed by atoms with E-state index in [0.717, 1.165) is 50.5 Å². The van der Waals surface area contributed by atoms with E-state index in [2.05, 4.69) is 61.3 Å². The average molecular weight is 1680 g/mol. The van der Waals surface area contributed by atoms with Crippen LogP contribution in [-0.4, -0.2) is 121 Å². The van der Waals surface area contributed by atoms with Crippen LogP contribution < -0.4 is 76.0 Å². The molecule has 0 spiro atoms. The molecule has 11 N–H and O–H groups in total. The van der Waals surface area contributed by atoms with Gasteiger partial charge in [0.2, 0.25) is 11.8 Å². The number of anilines is 5. The number of pyridine rings is 10. The van der Waals surface area contributed by atoms with Crippen molar-refractivity contribution in [3.63, 3.8) is 0 Å². The van der Waals surface area contributed by atoms with E-state index in [9.17, 15) is 31.4 Å². The summed E-state index contributed by atoms with van der Waals surface area (Å²) in [6, 6.07) is 46.7. The zero-order chi connectivity index (χ0) is 86.6. The fourth-order valence-electron chi connectivity index (χ4n) is 11.9. The number of halogens is 6. The second kappa shape index (κ2) is 39.6. The van der Waals surface area contributed by atoms with E-state index < -0.39 is 34.9 Å². The number of hydrogen-bond donors (Lipinski definition) is 6. The third kappa shape index (κ3) is 21.6. The molecular formula is C89H76F6N16O12. The van der Waals surface area contributed by atoms with Crippen molar-refractivity contribution in [2.24, 2.45) is 0 Å². The van der Waals surface area contributed by atoms with Crippen LogP contribution in [0.5, 0.6) is 92.4 Å². The number of nitrogens with two attached hydrogens (primary N) is 5. The van der Waals surface area contributed by atoms with Crippen molar-refractivity contribution in [2.45, 2.75) is 13.5 Å². The quantitative estimate of drug-likeness (QED) is 0.0287. The van der Waals surface area contributed by atoms with Crippen molar-refractivity contribution in [1.82, 2.24) is 54.7 Å². The van der Waals surface area contributed by atoms with E-state index in [1.165, 1.54) is 100 Å². The molecule has 0 aliphatic carbocycles. The van der Waals surface area contributed by atoms with Gasteiger partial charge in [0, 0.05) is 170 Å². The lowest BCUT2D eigenvalue weighted by atomic mass is 10.2. The highest BCUT2D eigenvalue weighted by atomic mass is 19.1. The Labute approximate surface area is 697 Å². The maximum Gasteiger partial charge on any atom is 0.257 e. The first-order chi connectivity index (χ1) is 59.6. The summed E-state index contributed by atoms with van der Waals surface area (Å²) < 4.78 is 144. The van der Waals surface area contributed by atoms with Gasteiger partial charge in [-0.1, -0.05) is 43.0 Å². The van der Waals surface area contributed by atoms with Crippen molar-refractivity contribution < 1.29 is 83.6 Å². The minimum atomic E-state index is -0.765. The van der Waals surface area contributed by atoms with Crippen LogP contribution in [0, 0.1) is 41.8 Å². The van der Waals surface area contributed by atoms with Gasteiger partial charge < -0.3 is 85.9 Å². The number of nitrogen functional groups attached to an aromatic ring is 5. The van der Waals surface area contributed by atoms with Gasteiger partial charge in [-0.3, -0.25) is 29.8 Å². The Kier molecular flexibility index (Phi) is 27.4. The summed E-state index contributed by atoms with van der Waals surface area (Å²) in [6.45, 7) is 10.5. The van der Waals surface area contributed by atoms with Crippen molar-refractivity contribution in [3.8, 4) is 92.4 Å². The molecule has 6 aromatic carbocycles. The molecule has 0 unspecified atom stereocenters. The number of aromatic nitrogens is 10. The zero-order valence-electron chi connectivity index (χ0n) is 66.0. The highest BCUT2D eigenvalue weighted by Crippen LogP contribution is 2.40. The molecule has 1 fully saturated rings. The summed E-state index contributed by atoms with van der Waals surface area (Å²) in [5, 5.41) is 9.72. The van der Waals surface area contributed by atoms with E-state index in [4.69, 9.17) is 80.8 Å². The van der Waals surface area contributed by atoms with E-state index >= 15 is 0 Å². The molecule has 626 valence electrons. The Balaban J connectivity index is 0.000000133. The minimum Gasteiger partial charge on any atom is -0.503 e. The van der Waals surface area contributed by atoms with Crippen LogP contribution in [-0.2, 0) is 11.3 Å². The number of hydrogen-bond acceptors (Lipinski definition) is 28. The molecule has 34 heteroatoms. The van der Waals surface area contributed by atoms with Crippen LogP contribution in [0.2, 0.25) is 0 Å². The lowest BCUT2D eigenvalue weighted by molar-refractivity contribution is 0.0320. The molecule has 11 heterocycles. The van der Waals surface area contributed by atoms with Gasteiger partial charge in [-0.05, 0) is 73.2 Å². The van der Waals surface area contributed by atoms with Crippen molar-refractivity contribution in [2.75, 3.05) is 89.5 Å². The Hall–Kier alpha value is -15.8. The van der Waals surface area contributed by atoms with Gasteiger partial charge in [-0.15, -0.1) is 0 Å². The van der Waals surface area contributed by atoms with Gasteiger partial charge in [-0.25, -0.2) is 51.3 Å². The Morgan fingerprint density at radius 2 is 0.862 bits per heavy atom. The van der Waals surface area contributed by atoms with Crippen LogP contribution in [0.4, 0.5) is 54.8 Å². The van der Waals surface area contributed by atoms with E-state index in [1.807, 2.05) is 30.3 Å². The number of nitrogens with zero attached hydrogens (tertiary/aromatic N) is 11. The number of morpholine rings is 1. The van der Waals surface area contributed by atoms with E-state index in [-0.39, 0.29) is 57.6 Å². The molecule has 0 radical (unpaired) electrons. The molecule has 17 rings (SSSR count). The fourth-order valence-corrected chi connectivity index (χ4v) is 11.9. The highest BCUT2D eigenvalue weighted by molar-refractivity contribution is 5.87. The highest BCUT2D eigenvalue weighted by Gasteiger charge is 2.21. The lowest BCUT2D eigenvalue weighted by Gasteiger charge is -2.26. The second-order valence-electron chi connectivity index (χ2n) is 26.4. The Morgan fingerprint density at radius 3 is 1.36 bits per heavy atom. The molecule has 10 aromatic heterocycles. The number of fused-ring (bicyclic) bond motifs is 5. The van der Waals surface area contributed by atoms with Crippen molar-refractivity contribution in [3.05, 3.63) is 277 Å². The summed E-state index contributed by atoms with van der Waals surface area (Å²) in [5.74, 6) is -0.188. The van der Waals surface area contributed by atoms with Crippen molar-refractivity contribution in [1.29, 1.82) is 0 Å². The van der Waals surface area contributed by atoms with E-state index in [1.54, 1.807) is 111 Å². The second-order valence-corrected chi connectivity index (χ2v) is 26.4. The summed E-state index contributed by atoms with van der Waals surface area (Å²) >= 11 is 0. The van der Waals surface area contributed by atoms with E-state index in [0.29, 0.717) is 143 Å². The molecule has 0 bridgehead atoms. The van der Waals surface area contributed by atoms with Crippen molar-refractivity contribution >= 4 is 89.7 Å². The SMILES string of the molecule is C=Cc1cc2nccc(Oc3ccc(N)cc3F)c2nc1OC.COc1cc2nccc(Oc3cc(F)c(N)cc3F)c2nc1C.COc1nc2c(Oc3ccc(N)cc3F)ccnc2cc1O.Nc1ccc(Oc2ccnc3cc(OCc4ccccc4)cnc23)c(F)c1.Nc1ccc(Oc2ccnc3ccc(OCCN4CCOCC4)nc23)c(F)c1. The molecule has 0 amide bonds. The van der Waals surface area contributed by atoms with Gasteiger partial charge in [0.25, 0.3) is 5.88 Å². The number of aryl methyl sites for hydroxylation is 1. The molecule has 28 nitrogen and oxygen atoms in total. The standard InChI is InChI=1S/C21H16FN3O2.C20H21FN4O3.C17H14FN3O2.C16H13F2N3O2.C15H12FN3O3/c22-17-10-15(23)6-7-19(17)27-20-8-9-24-18-11-16(12-25-21(18)20)26-13-14-4-2-1-3-5-14;21-15-13-14(22)1-3-17(15)28-18-5-6-23-16-2-4-19(24-20(16)18)27-12-9-25-7-10-26-11-8-25;1-3-10-8-13-16(21-17(10)22-2)15(6-7-20-13)23-14-5-4-11(19)9-12(14)18;1-8-14(22-2)7-12-16(21-8)13(3-4-20-12)23-15-6-9(17)11(19)5-10(15)18;1-21-15-11(20)7-10-14(19-15)13(4-5-18-10)22-12-3-2-8(17)6-9(12)16/h1-12H,13,23H2;1-6,13H,7-12,22H2;3-9H,1,19H2,2H3;3-7H,19H2,1-2H3;2-7,20H,17H2,1H3. The Bertz CT molecular complexity index is 6500. The first-order valence-corrected chi connectivity index (χ1v) is 37.3.